The molecule has 3 rings (SSSR count). The van der Waals surface area contributed by atoms with E-state index in [4.69, 9.17) is 5.11 Å². The van der Waals surface area contributed by atoms with Gasteiger partial charge < -0.3 is 20.0 Å². The summed E-state index contributed by atoms with van der Waals surface area (Å²) in [5.41, 5.74) is 2.26. The SMILES string of the molecule is CC(C)CC(C(=O)Nc1ccc2nc(CO)[nH]c2c1)n1cccc1. The normalized spacial score (nSPS) is 12.7. The number of aromatic nitrogens is 3. The van der Waals surface area contributed by atoms with Gasteiger partial charge in [0.05, 0.1) is 11.0 Å². The fourth-order valence-corrected chi connectivity index (χ4v) is 2.81. The lowest BCUT2D eigenvalue weighted by molar-refractivity contribution is -0.119. The first-order chi connectivity index (χ1) is 11.6. The van der Waals surface area contributed by atoms with E-state index in [9.17, 15) is 4.79 Å². The molecule has 3 N–H and O–H groups in total. The minimum atomic E-state index is -0.245. The Hall–Kier alpha value is -2.60. The van der Waals surface area contributed by atoms with Gasteiger partial charge in [-0.05, 0) is 42.7 Å². The van der Waals surface area contributed by atoms with E-state index in [2.05, 4.69) is 29.1 Å². The summed E-state index contributed by atoms with van der Waals surface area (Å²) in [4.78, 5) is 20.0. The van der Waals surface area contributed by atoms with Gasteiger partial charge >= 0.3 is 0 Å². The van der Waals surface area contributed by atoms with E-state index in [1.54, 1.807) is 0 Å². The lowest BCUT2D eigenvalue weighted by atomic mass is 10.0. The number of hydrogen-bond donors (Lipinski definition) is 3. The van der Waals surface area contributed by atoms with Crippen LogP contribution in [0.5, 0.6) is 0 Å². The van der Waals surface area contributed by atoms with Crippen molar-refractivity contribution in [3.8, 4) is 0 Å². The van der Waals surface area contributed by atoms with Crippen molar-refractivity contribution in [1.29, 1.82) is 0 Å². The van der Waals surface area contributed by atoms with Crippen molar-refractivity contribution in [3.63, 3.8) is 0 Å². The number of amides is 1. The van der Waals surface area contributed by atoms with E-state index in [-0.39, 0.29) is 18.6 Å². The number of anilines is 1. The molecule has 1 amide bonds. The summed E-state index contributed by atoms with van der Waals surface area (Å²) in [6.07, 6.45) is 4.60. The van der Waals surface area contributed by atoms with Gasteiger partial charge in [-0.15, -0.1) is 0 Å². The van der Waals surface area contributed by atoms with Gasteiger partial charge in [0.15, 0.2) is 0 Å². The summed E-state index contributed by atoms with van der Waals surface area (Å²) in [7, 11) is 0. The van der Waals surface area contributed by atoms with Crippen molar-refractivity contribution in [2.24, 2.45) is 5.92 Å². The highest BCUT2D eigenvalue weighted by Crippen LogP contribution is 2.22. The van der Waals surface area contributed by atoms with Crippen LogP contribution >= 0.6 is 0 Å². The molecule has 0 bridgehead atoms. The molecule has 0 spiro atoms. The number of fused-ring (bicyclic) bond motifs is 1. The standard InChI is InChI=1S/C18H22N4O2/c1-12(2)9-16(22-7-3-4-8-22)18(24)19-13-5-6-14-15(10-13)21-17(11-23)20-14/h3-8,10,12,16,23H,9,11H2,1-2H3,(H,19,24)(H,20,21). The second kappa shape index (κ2) is 6.88. The average molecular weight is 326 g/mol. The topological polar surface area (TPSA) is 82.9 Å². The number of carbonyl (C=O) groups is 1. The fourth-order valence-electron chi connectivity index (χ4n) is 2.81. The Morgan fingerprint density at radius 1 is 1.33 bits per heavy atom. The molecule has 1 unspecified atom stereocenters. The third-order valence-corrected chi connectivity index (χ3v) is 3.93. The van der Waals surface area contributed by atoms with E-state index in [0.29, 0.717) is 17.4 Å². The van der Waals surface area contributed by atoms with Crippen LogP contribution in [0.3, 0.4) is 0 Å². The summed E-state index contributed by atoms with van der Waals surface area (Å²) in [6.45, 7) is 4.08. The molecule has 0 fully saturated rings. The smallest absolute Gasteiger partial charge is 0.247 e. The van der Waals surface area contributed by atoms with Gasteiger partial charge in [-0.2, -0.15) is 0 Å². The predicted octanol–water partition coefficient (Wildman–Crippen LogP) is 3.08. The van der Waals surface area contributed by atoms with Crippen molar-refractivity contribution in [3.05, 3.63) is 48.5 Å². The fraction of sp³-hybridized carbons (Fsp3) is 0.333. The van der Waals surface area contributed by atoms with Crippen LogP contribution in [0.15, 0.2) is 42.7 Å². The van der Waals surface area contributed by atoms with Crippen molar-refractivity contribution in [2.45, 2.75) is 32.9 Å². The molecule has 6 heteroatoms. The van der Waals surface area contributed by atoms with Gasteiger partial charge in [0, 0.05) is 18.1 Å². The van der Waals surface area contributed by atoms with Crippen molar-refractivity contribution in [1.82, 2.24) is 14.5 Å². The molecule has 126 valence electrons. The number of H-pyrrole nitrogens is 1. The molecule has 0 aliphatic rings. The van der Waals surface area contributed by atoms with Gasteiger partial charge in [0.2, 0.25) is 5.91 Å². The van der Waals surface area contributed by atoms with Gasteiger partial charge in [-0.25, -0.2) is 4.98 Å². The maximum Gasteiger partial charge on any atom is 0.247 e. The molecule has 0 saturated carbocycles. The number of benzene rings is 1. The first kappa shape index (κ1) is 16.3. The lowest BCUT2D eigenvalue weighted by Gasteiger charge is -2.20. The first-order valence-electron chi connectivity index (χ1n) is 8.09. The van der Waals surface area contributed by atoms with Gasteiger partial charge in [0.25, 0.3) is 0 Å². The highest BCUT2D eigenvalue weighted by Gasteiger charge is 2.21. The molecule has 0 aliphatic heterocycles. The number of rotatable bonds is 6. The molecular weight excluding hydrogens is 304 g/mol. The maximum atomic E-state index is 12.7. The lowest BCUT2D eigenvalue weighted by Crippen LogP contribution is -2.26. The van der Waals surface area contributed by atoms with Crippen LogP contribution in [0.2, 0.25) is 0 Å². The minimum absolute atomic E-state index is 0.0406. The Kier molecular flexibility index (Phi) is 4.66. The van der Waals surface area contributed by atoms with E-state index >= 15 is 0 Å². The zero-order chi connectivity index (χ0) is 17.1. The molecule has 6 nitrogen and oxygen atoms in total. The molecule has 3 aromatic rings. The number of aromatic amines is 1. The molecule has 1 atom stereocenters. The third-order valence-electron chi connectivity index (χ3n) is 3.93. The largest absolute Gasteiger partial charge is 0.388 e. The van der Waals surface area contributed by atoms with Crippen LogP contribution in [0.1, 0.15) is 32.1 Å². The van der Waals surface area contributed by atoms with Crippen LogP contribution < -0.4 is 5.32 Å². The quantitative estimate of drug-likeness (QED) is 0.651. The molecule has 1 aromatic carbocycles. The van der Waals surface area contributed by atoms with Gasteiger partial charge in [-0.1, -0.05) is 13.8 Å². The number of nitrogens with zero attached hydrogens (tertiary/aromatic N) is 2. The molecular formula is C18H22N4O2. The summed E-state index contributed by atoms with van der Waals surface area (Å²) in [5.74, 6) is 0.880. The van der Waals surface area contributed by atoms with Crippen LogP contribution in [0, 0.1) is 5.92 Å². The van der Waals surface area contributed by atoms with Crippen LogP contribution in [0.25, 0.3) is 11.0 Å². The van der Waals surface area contributed by atoms with E-state index in [1.165, 1.54) is 0 Å². The van der Waals surface area contributed by atoms with Crippen LogP contribution in [-0.4, -0.2) is 25.5 Å². The van der Waals surface area contributed by atoms with E-state index in [0.717, 1.165) is 17.5 Å². The Balaban J connectivity index is 1.81. The second-order valence-electron chi connectivity index (χ2n) is 6.34. The van der Waals surface area contributed by atoms with Gasteiger partial charge in [-0.3, -0.25) is 4.79 Å². The Morgan fingerprint density at radius 3 is 2.75 bits per heavy atom. The highest BCUT2D eigenvalue weighted by atomic mass is 16.3. The molecule has 2 heterocycles. The van der Waals surface area contributed by atoms with Crippen molar-refractivity contribution < 1.29 is 9.90 Å². The monoisotopic (exact) mass is 326 g/mol. The number of aliphatic hydroxyl groups excluding tert-OH is 1. The number of aliphatic hydroxyl groups is 1. The summed E-state index contributed by atoms with van der Waals surface area (Å²) < 4.78 is 1.94. The zero-order valence-corrected chi connectivity index (χ0v) is 13.9. The second-order valence-corrected chi connectivity index (χ2v) is 6.34. The van der Waals surface area contributed by atoms with Crippen molar-refractivity contribution >= 4 is 22.6 Å². The third kappa shape index (κ3) is 3.49. The van der Waals surface area contributed by atoms with Crippen LogP contribution in [0.4, 0.5) is 5.69 Å². The number of nitrogens with one attached hydrogen (secondary N) is 2. The molecule has 0 radical (unpaired) electrons. The van der Waals surface area contributed by atoms with E-state index < -0.39 is 0 Å². The molecule has 2 aromatic heterocycles. The zero-order valence-electron chi connectivity index (χ0n) is 13.9. The number of imidazole rings is 1. The Labute approximate surface area is 140 Å². The maximum absolute atomic E-state index is 12.7. The van der Waals surface area contributed by atoms with Gasteiger partial charge in [0.1, 0.15) is 18.5 Å². The molecule has 0 aliphatic carbocycles. The first-order valence-corrected chi connectivity index (χ1v) is 8.09. The van der Waals surface area contributed by atoms with Crippen molar-refractivity contribution in [2.75, 3.05) is 5.32 Å². The molecule has 0 saturated heterocycles. The number of hydrogen-bond acceptors (Lipinski definition) is 3. The molecule has 24 heavy (non-hydrogen) atoms. The summed E-state index contributed by atoms with van der Waals surface area (Å²) in [5, 5.41) is 12.1. The highest BCUT2D eigenvalue weighted by molar-refractivity contribution is 5.95. The van der Waals surface area contributed by atoms with E-state index in [1.807, 2.05) is 47.3 Å². The minimum Gasteiger partial charge on any atom is -0.388 e. The van der Waals surface area contributed by atoms with Crippen LogP contribution in [-0.2, 0) is 11.4 Å². The Bertz CT molecular complexity index is 821. The average Bonchev–Trinajstić information content (AvgIpc) is 3.20. The summed E-state index contributed by atoms with van der Waals surface area (Å²) in [6, 6.07) is 9.09. The number of carbonyl (C=O) groups excluding carboxylic acids is 1. The summed E-state index contributed by atoms with van der Waals surface area (Å²) >= 11 is 0. The predicted molar refractivity (Wildman–Crippen MR) is 93.6 cm³/mol. The Morgan fingerprint density at radius 2 is 2.08 bits per heavy atom.